The molecule has 3 N–H and O–H groups in total. The fourth-order valence-corrected chi connectivity index (χ4v) is 3.06. The Morgan fingerprint density at radius 3 is 2.56 bits per heavy atom. The number of carbonyl (C=O) groups is 1. The molecule has 0 aliphatic carbocycles. The molecule has 1 amide bonds. The first-order chi connectivity index (χ1) is 12.2. The topological polar surface area (TPSA) is 62.4 Å². The Balaban J connectivity index is 1.50. The lowest BCUT2D eigenvalue weighted by molar-refractivity contribution is -0.122. The molecule has 1 fully saturated rings. The first-order valence-corrected chi connectivity index (χ1v) is 8.65. The molecule has 2 aromatic carbocycles. The maximum absolute atomic E-state index is 12.4. The van der Waals surface area contributed by atoms with E-state index in [2.05, 4.69) is 35.2 Å². The van der Waals surface area contributed by atoms with Gasteiger partial charge in [0.05, 0.1) is 7.11 Å². The third kappa shape index (κ3) is 4.38. The zero-order valence-corrected chi connectivity index (χ0v) is 14.7. The smallest absolute Gasteiger partial charge is 0.238 e. The molecule has 1 saturated heterocycles. The van der Waals surface area contributed by atoms with Crippen LogP contribution >= 0.6 is 0 Å². The molecule has 25 heavy (non-hydrogen) atoms. The maximum atomic E-state index is 12.4. The Labute approximate surface area is 148 Å². The summed E-state index contributed by atoms with van der Waals surface area (Å²) < 4.78 is 5.18. The summed E-state index contributed by atoms with van der Waals surface area (Å²) in [7, 11) is 1.65. The third-order valence-corrected chi connectivity index (χ3v) is 4.69. The Bertz CT molecular complexity index is 688. The van der Waals surface area contributed by atoms with E-state index < -0.39 is 0 Å². The lowest BCUT2D eigenvalue weighted by Crippen LogP contribution is -2.44. The first kappa shape index (κ1) is 17.5. The van der Waals surface area contributed by atoms with Crippen LogP contribution in [0, 0.1) is 0 Å². The van der Waals surface area contributed by atoms with Gasteiger partial charge in [-0.05, 0) is 35.6 Å². The van der Waals surface area contributed by atoms with E-state index in [1.54, 1.807) is 7.11 Å². The highest BCUT2D eigenvalue weighted by Crippen LogP contribution is 2.24. The van der Waals surface area contributed by atoms with E-state index in [1.165, 1.54) is 5.56 Å². The van der Waals surface area contributed by atoms with Crippen molar-refractivity contribution in [3.8, 4) is 5.75 Å². The predicted octanol–water partition coefficient (Wildman–Crippen LogP) is 2.52. The molecule has 0 radical (unpaired) electrons. The number of nitrogens with one attached hydrogen (secondary N) is 3. The van der Waals surface area contributed by atoms with Crippen molar-refractivity contribution in [2.75, 3.05) is 13.7 Å². The first-order valence-electron chi connectivity index (χ1n) is 8.65. The van der Waals surface area contributed by atoms with Crippen LogP contribution in [0.5, 0.6) is 5.75 Å². The van der Waals surface area contributed by atoms with Crippen LogP contribution in [0.25, 0.3) is 0 Å². The van der Waals surface area contributed by atoms with Gasteiger partial charge in [-0.3, -0.25) is 4.79 Å². The molecule has 3 atom stereocenters. The molecular weight excluding hydrogens is 314 g/mol. The molecule has 0 spiro atoms. The molecule has 132 valence electrons. The summed E-state index contributed by atoms with van der Waals surface area (Å²) in [5.74, 6) is 1.15. The monoisotopic (exact) mass is 339 g/mol. The van der Waals surface area contributed by atoms with Crippen LogP contribution in [0.4, 0.5) is 0 Å². The van der Waals surface area contributed by atoms with Crippen LogP contribution in [-0.2, 0) is 4.79 Å². The van der Waals surface area contributed by atoms with Crippen molar-refractivity contribution >= 4 is 5.91 Å². The Morgan fingerprint density at radius 2 is 1.88 bits per heavy atom. The maximum Gasteiger partial charge on any atom is 0.238 e. The van der Waals surface area contributed by atoms with E-state index in [-0.39, 0.29) is 23.9 Å². The van der Waals surface area contributed by atoms with Crippen LogP contribution < -0.4 is 20.9 Å². The highest BCUT2D eigenvalue weighted by molar-refractivity contribution is 5.82. The van der Waals surface area contributed by atoms with Gasteiger partial charge in [0.2, 0.25) is 5.91 Å². The van der Waals surface area contributed by atoms with E-state index in [4.69, 9.17) is 4.74 Å². The summed E-state index contributed by atoms with van der Waals surface area (Å²) in [4.78, 5) is 12.4. The van der Waals surface area contributed by atoms with Crippen molar-refractivity contribution in [3.05, 3.63) is 65.7 Å². The number of hydrazine groups is 1. The van der Waals surface area contributed by atoms with Crippen LogP contribution in [0.1, 0.15) is 36.4 Å². The van der Waals surface area contributed by atoms with Crippen LogP contribution in [0.3, 0.4) is 0 Å². The predicted molar refractivity (Wildman–Crippen MR) is 98.3 cm³/mol. The fraction of sp³-hybridized carbons (Fsp3) is 0.350. The number of benzene rings is 2. The van der Waals surface area contributed by atoms with E-state index >= 15 is 0 Å². The van der Waals surface area contributed by atoms with Gasteiger partial charge >= 0.3 is 0 Å². The standard InChI is InChI=1S/C20H25N3O2/c1-14(15-6-4-3-5-7-15)13-21-20(24)19-12-18(22-23-19)16-8-10-17(25-2)11-9-16/h3-11,14,18-19,22-23H,12-13H2,1-2H3,(H,21,24). The van der Waals surface area contributed by atoms with Gasteiger partial charge in [-0.15, -0.1) is 0 Å². The summed E-state index contributed by atoms with van der Waals surface area (Å²) in [5.41, 5.74) is 8.69. The second-order valence-corrected chi connectivity index (χ2v) is 6.46. The molecule has 0 saturated carbocycles. The van der Waals surface area contributed by atoms with Crippen molar-refractivity contribution in [2.24, 2.45) is 0 Å². The normalized spacial score (nSPS) is 20.9. The summed E-state index contributed by atoms with van der Waals surface area (Å²) >= 11 is 0. The largest absolute Gasteiger partial charge is 0.497 e. The Hall–Kier alpha value is -2.37. The number of ether oxygens (including phenoxy) is 1. The average molecular weight is 339 g/mol. The minimum Gasteiger partial charge on any atom is -0.497 e. The van der Waals surface area contributed by atoms with Crippen LogP contribution in [0.15, 0.2) is 54.6 Å². The number of carbonyl (C=O) groups excluding carboxylic acids is 1. The van der Waals surface area contributed by atoms with Gasteiger partial charge in [0.1, 0.15) is 11.8 Å². The average Bonchev–Trinajstić information content (AvgIpc) is 3.17. The van der Waals surface area contributed by atoms with Gasteiger partial charge in [-0.1, -0.05) is 49.4 Å². The quantitative estimate of drug-likeness (QED) is 0.757. The summed E-state index contributed by atoms with van der Waals surface area (Å²) in [6.45, 7) is 2.75. The molecule has 1 heterocycles. The van der Waals surface area contributed by atoms with Crippen LogP contribution in [0.2, 0.25) is 0 Å². The minimum absolute atomic E-state index is 0.0336. The van der Waals surface area contributed by atoms with Gasteiger partial charge in [-0.25, -0.2) is 10.9 Å². The Morgan fingerprint density at radius 1 is 1.16 bits per heavy atom. The molecule has 0 aromatic heterocycles. The molecule has 3 rings (SSSR count). The Kier molecular flexibility index (Phi) is 5.68. The lowest BCUT2D eigenvalue weighted by Gasteiger charge is -2.15. The SMILES string of the molecule is COc1ccc(C2CC(C(=O)NCC(C)c3ccccc3)NN2)cc1. The fourth-order valence-electron chi connectivity index (χ4n) is 3.06. The van der Waals surface area contributed by atoms with E-state index in [0.29, 0.717) is 6.54 Å². The number of amides is 1. The lowest BCUT2D eigenvalue weighted by atomic mass is 10.00. The number of hydrogen-bond acceptors (Lipinski definition) is 4. The molecule has 1 aliphatic heterocycles. The number of hydrogen-bond donors (Lipinski definition) is 3. The summed E-state index contributed by atoms with van der Waals surface area (Å²) in [5, 5.41) is 3.05. The van der Waals surface area contributed by atoms with Gasteiger partial charge in [0.25, 0.3) is 0 Å². The molecule has 5 heteroatoms. The van der Waals surface area contributed by atoms with Gasteiger partial charge in [-0.2, -0.15) is 0 Å². The zero-order valence-electron chi connectivity index (χ0n) is 14.7. The molecule has 1 aliphatic rings. The van der Waals surface area contributed by atoms with E-state index in [0.717, 1.165) is 17.7 Å². The number of methoxy groups -OCH3 is 1. The van der Waals surface area contributed by atoms with Gasteiger partial charge in [0, 0.05) is 12.6 Å². The molecular formula is C20H25N3O2. The molecule has 2 aromatic rings. The molecule has 5 nitrogen and oxygen atoms in total. The minimum atomic E-state index is -0.227. The van der Waals surface area contributed by atoms with Gasteiger partial charge < -0.3 is 10.1 Å². The van der Waals surface area contributed by atoms with Crippen molar-refractivity contribution in [2.45, 2.75) is 31.3 Å². The highest BCUT2D eigenvalue weighted by Gasteiger charge is 2.30. The zero-order chi connectivity index (χ0) is 17.6. The summed E-state index contributed by atoms with van der Waals surface area (Å²) in [6, 6.07) is 18.0. The summed E-state index contributed by atoms with van der Waals surface area (Å²) in [6.07, 6.45) is 0.720. The van der Waals surface area contributed by atoms with Gasteiger partial charge in [0.15, 0.2) is 0 Å². The second-order valence-electron chi connectivity index (χ2n) is 6.46. The molecule has 3 unspecified atom stereocenters. The van der Waals surface area contributed by atoms with Crippen molar-refractivity contribution in [1.82, 2.24) is 16.2 Å². The van der Waals surface area contributed by atoms with Crippen molar-refractivity contribution in [1.29, 1.82) is 0 Å². The van der Waals surface area contributed by atoms with E-state index in [9.17, 15) is 4.79 Å². The third-order valence-electron chi connectivity index (χ3n) is 4.69. The van der Waals surface area contributed by atoms with Crippen LogP contribution in [-0.4, -0.2) is 25.6 Å². The number of rotatable bonds is 6. The molecule has 0 bridgehead atoms. The van der Waals surface area contributed by atoms with Crippen molar-refractivity contribution in [3.63, 3.8) is 0 Å². The van der Waals surface area contributed by atoms with Crippen molar-refractivity contribution < 1.29 is 9.53 Å². The van der Waals surface area contributed by atoms with E-state index in [1.807, 2.05) is 42.5 Å². The highest BCUT2D eigenvalue weighted by atomic mass is 16.5. The second kappa shape index (κ2) is 8.14.